The van der Waals surface area contributed by atoms with Crippen molar-refractivity contribution in [1.29, 1.82) is 0 Å². The molecule has 0 fully saturated rings. The third-order valence-corrected chi connectivity index (χ3v) is 6.54. The van der Waals surface area contributed by atoms with E-state index in [1.165, 1.54) is 18.7 Å². The van der Waals surface area contributed by atoms with Gasteiger partial charge < -0.3 is 20.7 Å². The summed E-state index contributed by atoms with van der Waals surface area (Å²) >= 11 is 5.63. The van der Waals surface area contributed by atoms with E-state index in [4.69, 9.17) is 16.3 Å². The summed E-state index contributed by atoms with van der Waals surface area (Å²) in [6, 6.07) is 7.81. The maximum atomic E-state index is 13.6. The normalized spacial score (nSPS) is 12.6. The van der Waals surface area contributed by atoms with Gasteiger partial charge in [0.1, 0.15) is 29.5 Å². The number of carbonyl (C=O) groups is 3. The van der Waals surface area contributed by atoms with Gasteiger partial charge in [0.25, 0.3) is 0 Å². The Morgan fingerprint density at radius 1 is 0.956 bits per heavy atom. The Morgan fingerprint density at radius 2 is 1.60 bits per heavy atom. The predicted molar refractivity (Wildman–Crippen MR) is 163 cm³/mol. The lowest BCUT2D eigenvalue weighted by molar-refractivity contribution is -0.137. The molecule has 3 amide bonds. The molecule has 4 rings (SSSR count). The molecule has 0 aliphatic carbocycles. The number of imidazole rings is 1. The first-order valence-corrected chi connectivity index (χ1v) is 14.2. The second-order valence-corrected chi connectivity index (χ2v) is 11.9. The van der Waals surface area contributed by atoms with Crippen LogP contribution in [0.4, 0.5) is 34.1 Å². The van der Waals surface area contributed by atoms with Crippen LogP contribution in [-0.4, -0.2) is 49.1 Å². The van der Waals surface area contributed by atoms with Gasteiger partial charge in [0.15, 0.2) is 5.65 Å². The molecule has 2 heterocycles. The standard InChI is InChI=1S/C30H31ClF3N7O4/c1-16(2)12-22(40-28(44)45-29(3,4)5)25(42)23-24-26(36-14-35-23)41(15-37-24)19-9-6-17(7-10-19)38-27(43)39-18-8-11-21(31)20(13-18)30(32,33)34/h6-11,13-16,22H,12H2,1-5H3,(H,40,44)(H2,38,39,43). The second-order valence-electron chi connectivity index (χ2n) is 11.5. The second kappa shape index (κ2) is 13.1. The molecule has 0 saturated heterocycles. The summed E-state index contributed by atoms with van der Waals surface area (Å²) in [6.45, 7) is 9.01. The summed E-state index contributed by atoms with van der Waals surface area (Å²) in [4.78, 5) is 51.3. The van der Waals surface area contributed by atoms with Gasteiger partial charge >= 0.3 is 18.3 Å². The average molecular weight is 646 g/mol. The van der Waals surface area contributed by atoms with Gasteiger partial charge in [-0.2, -0.15) is 13.2 Å². The van der Waals surface area contributed by atoms with E-state index in [0.717, 1.165) is 12.1 Å². The maximum absolute atomic E-state index is 13.6. The van der Waals surface area contributed by atoms with Crippen LogP contribution in [0, 0.1) is 5.92 Å². The number of fused-ring (bicyclic) bond motifs is 1. The molecule has 238 valence electrons. The number of rotatable bonds is 8. The molecule has 11 nitrogen and oxygen atoms in total. The third-order valence-electron chi connectivity index (χ3n) is 6.21. The average Bonchev–Trinajstić information content (AvgIpc) is 3.36. The number of alkyl halides is 3. The van der Waals surface area contributed by atoms with Crippen LogP contribution in [0.2, 0.25) is 5.02 Å². The van der Waals surface area contributed by atoms with Gasteiger partial charge in [-0.25, -0.2) is 24.5 Å². The molecule has 15 heteroatoms. The third kappa shape index (κ3) is 8.47. The number of anilines is 2. The molecule has 45 heavy (non-hydrogen) atoms. The Morgan fingerprint density at radius 3 is 2.22 bits per heavy atom. The van der Waals surface area contributed by atoms with E-state index < -0.39 is 46.3 Å². The van der Waals surface area contributed by atoms with Crippen molar-refractivity contribution in [2.24, 2.45) is 5.92 Å². The van der Waals surface area contributed by atoms with Crippen LogP contribution in [-0.2, 0) is 10.9 Å². The minimum Gasteiger partial charge on any atom is -0.444 e. The fourth-order valence-electron chi connectivity index (χ4n) is 4.34. The number of Topliss-reactive ketones (excluding diaryl/α,β-unsaturated/α-hetero) is 1. The van der Waals surface area contributed by atoms with Crippen molar-refractivity contribution >= 4 is 52.0 Å². The van der Waals surface area contributed by atoms with E-state index in [9.17, 15) is 27.6 Å². The van der Waals surface area contributed by atoms with Crippen molar-refractivity contribution in [2.75, 3.05) is 10.6 Å². The highest BCUT2D eigenvalue weighted by atomic mass is 35.5. The molecule has 0 spiro atoms. The number of alkyl carbamates (subject to hydrolysis) is 1. The van der Waals surface area contributed by atoms with E-state index in [0.29, 0.717) is 23.4 Å². The first-order chi connectivity index (χ1) is 21.0. The number of nitrogens with zero attached hydrogens (tertiary/aromatic N) is 4. The highest BCUT2D eigenvalue weighted by molar-refractivity contribution is 6.31. The minimum absolute atomic E-state index is 0.0336. The molecule has 0 saturated carbocycles. The fourth-order valence-corrected chi connectivity index (χ4v) is 4.57. The van der Waals surface area contributed by atoms with Crippen LogP contribution in [0.3, 0.4) is 0 Å². The number of amides is 3. The topological polar surface area (TPSA) is 140 Å². The zero-order valence-corrected chi connectivity index (χ0v) is 25.7. The summed E-state index contributed by atoms with van der Waals surface area (Å²) in [5.74, 6) is -0.373. The Hall–Kier alpha value is -4.72. The monoisotopic (exact) mass is 645 g/mol. The van der Waals surface area contributed by atoms with Crippen LogP contribution < -0.4 is 16.0 Å². The van der Waals surface area contributed by atoms with Gasteiger partial charge in [-0.3, -0.25) is 9.36 Å². The number of carbonyl (C=O) groups excluding carboxylic acids is 3. The molecule has 1 unspecified atom stereocenters. The molecular formula is C30H31ClF3N7O4. The lowest BCUT2D eigenvalue weighted by Crippen LogP contribution is -2.44. The van der Waals surface area contributed by atoms with E-state index in [2.05, 4.69) is 30.9 Å². The number of ether oxygens (including phenoxy) is 1. The first kappa shape index (κ1) is 33.2. The smallest absolute Gasteiger partial charge is 0.417 e. The van der Waals surface area contributed by atoms with Gasteiger partial charge in [0.05, 0.1) is 16.6 Å². The van der Waals surface area contributed by atoms with Gasteiger partial charge in [-0.1, -0.05) is 25.4 Å². The molecule has 0 aliphatic rings. The molecule has 0 aliphatic heterocycles. The van der Waals surface area contributed by atoms with Gasteiger partial charge in [0, 0.05) is 17.1 Å². The van der Waals surface area contributed by atoms with Crippen LogP contribution in [0.25, 0.3) is 16.9 Å². The number of ketones is 1. The van der Waals surface area contributed by atoms with Crippen molar-refractivity contribution in [3.8, 4) is 5.69 Å². The highest BCUT2D eigenvalue weighted by Gasteiger charge is 2.33. The Bertz CT molecular complexity index is 1720. The van der Waals surface area contributed by atoms with E-state index >= 15 is 0 Å². The van der Waals surface area contributed by atoms with E-state index in [1.54, 1.807) is 49.6 Å². The van der Waals surface area contributed by atoms with Crippen LogP contribution >= 0.6 is 11.6 Å². The molecule has 2 aromatic carbocycles. The van der Waals surface area contributed by atoms with Crippen molar-refractivity contribution in [3.05, 3.63) is 71.4 Å². The van der Waals surface area contributed by atoms with Crippen LogP contribution in [0.1, 0.15) is 57.1 Å². The van der Waals surface area contributed by atoms with Crippen molar-refractivity contribution in [3.63, 3.8) is 0 Å². The number of hydrogen-bond donors (Lipinski definition) is 3. The van der Waals surface area contributed by atoms with Crippen LogP contribution in [0.15, 0.2) is 55.1 Å². The molecular weight excluding hydrogens is 615 g/mol. The maximum Gasteiger partial charge on any atom is 0.417 e. The zero-order valence-electron chi connectivity index (χ0n) is 25.0. The summed E-state index contributed by atoms with van der Waals surface area (Å²) < 4.78 is 46.4. The van der Waals surface area contributed by atoms with Crippen LogP contribution in [0.5, 0.6) is 0 Å². The highest BCUT2D eigenvalue weighted by Crippen LogP contribution is 2.36. The quantitative estimate of drug-likeness (QED) is 0.171. The van der Waals surface area contributed by atoms with Gasteiger partial charge in [-0.15, -0.1) is 0 Å². The largest absolute Gasteiger partial charge is 0.444 e. The molecule has 4 aromatic rings. The Labute approximate surface area is 261 Å². The zero-order chi connectivity index (χ0) is 33.1. The molecule has 3 N–H and O–H groups in total. The molecule has 2 aromatic heterocycles. The predicted octanol–water partition coefficient (Wildman–Crippen LogP) is 7.25. The number of hydrogen-bond acceptors (Lipinski definition) is 7. The Balaban J connectivity index is 1.51. The van der Waals surface area contributed by atoms with E-state index in [-0.39, 0.29) is 22.8 Å². The summed E-state index contributed by atoms with van der Waals surface area (Å²) in [5, 5.41) is 7.07. The molecule has 0 radical (unpaired) electrons. The molecule has 1 atom stereocenters. The minimum atomic E-state index is -4.68. The van der Waals surface area contributed by atoms with Crippen molar-refractivity contribution in [1.82, 2.24) is 24.8 Å². The number of urea groups is 1. The summed E-state index contributed by atoms with van der Waals surface area (Å²) in [5.41, 5.74) is -0.385. The lowest BCUT2D eigenvalue weighted by atomic mass is 9.98. The fraction of sp³-hybridized carbons (Fsp3) is 0.333. The SMILES string of the molecule is CC(C)CC(NC(=O)OC(C)(C)C)C(=O)c1ncnc2c1ncn2-c1ccc(NC(=O)Nc2ccc(Cl)c(C(F)(F)F)c2)cc1. The number of benzene rings is 2. The number of halogens is 4. The van der Waals surface area contributed by atoms with Gasteiger partial charge in [0.2, 0.25) is 5.78 Å². The number of aromatic nitrogens is 4. The van der Waals surface area contributed by atoms with Crippen molar-refractivity contribution < 1.29 is 32.3 Å². The number of nitrogens with one attached hydrogen (secondary N) is 3. The molecule has 0 bridgehead atoms. The Kier molecular flexibility index (Phi) is 9.66. The van der Waals surface area contributed by atoms with Crippen molar-refractivity contribution in [2.45, 2.75) is 58.9 Å². The summed E-state index contributed by atoms with van der Waals surface area (Å²) in [6.07, 6.45) is -2.37. The lowest BCUT2D eigenvalue weighted by Gasteiger charge is -2.23. The summed E-state index contributed by atoms with van der Waals surface area (Å²) in [7, 11) is 0. The van der Waals surface area contributed by atoms with Gasteiger partial charge in [-0.05, 0) is 75.6 Å². The first-order valence-electron chi connectivity index (χ1n) is 13.8. The van der Waals surface area contributed by atoms with E-state index in [1.807, 2.05) is 13.8 Å².